The SMILES string of the molecule is Cc1cc(C(=O)OCC(=O)N2CCC(C)Sc3ccccc32)c2ccccc2n1. The largest absolute Gasteiger partial charge is 0.452 e. The van der Waals surface area contributed by atoms with Crippen LogP contribution in [0.5, 0.6) is 0 Å². The smallest absolute Gasteiger partial charge is 0.339 e. The minimum Gasteiger partial charge on any atom is -0.452 e. The zero-order chi connectivity index (χ0) is 20.4. The lowest BCUT2D eigenvalue weighted by Gasteiger charge is -2.22. The van der Waals surface area contributed by atoms with E-state index in [0.29, 0.717) is 17.4 Å². The molecule has 2 heterocycles. The van der Waals surface area contributed by atoms with Crippen LogP contribution in [0.2, 0.25) is 0 Å². The summed E-state index contributed by atoms with van der Waals surface area (Å²) in [6, 6.07) is 17.0. The van der Waals surface area contributed by atoms with Crippen LogP contribution in [0.15, 0.2) is 59.5 Å². The predicted molar refractivity (Wildman–Crippen MR) is 115 cm³/mol. The number of rotatable bonds is 3. The fraction of sp³-hybridized carbons (Fsp3) is 0.261. The van der Waals surface area contributed by atoms with E-state index in [-0.39, 0.29) is 12.5 Å². The number of carbonyl (C=O) groups is 2. The second-order valence-electron chi connectivity index (χ2n) is 7.13. The minimum atomic E-state index is -0.508. The molecule has 0 saturated carbocycles. The Morgan fingerprint density at radius 1 is 1.17 bits per heavy atom. The lowest BCUT2D eigenvalue weighted by atomic mass is 10.1. The highest BCUT2D eigenvalue weighted by Crippen LogP contribution is 2.37. The molecule has 1 atom stereocenters. The second-order valence-corrected chi connectivity index (χ2v) is 8.61. The molecule has 0 spiro atoms. The van der Waals surface area contributed by atoms with Gasteiger partial charge in [0.25, 0.3) is 5.91 Å². The number of esters is 1. The molecule has 1 aliphatic rings. The van der Waals surface area contributed by atoms with E-state index in [1.54, 1.807) is 22.7 Å². The van der Waals surface area contributed by atoms with Gasteiger partial charge in [-0.15, -0.1) is 11.8 Å². The Labute approximate surface area is 174 Å². The summed E-state index contributed by atoms with van der Waals surface area (Å²) < 4.78 is 5.42. The van der Waals surface area contributed by atoms with Crippen molar-refractivity contribution >= 4 is 40.2 Å². The van der Waals surface area contributed by atoms with Gasteiger partial charge in [-0.3, -0.25) is 9.78 Å². The molecule has 0 radical (unpaired) electrons. The number of aromatic nitrogens is 1. The number of nitrogens with zero attached hydrogens (tertiary/aromatic N) is 2. The first-order valence-corrected chi connectivity index (χ1v) is 10.5. The van der Waals surface area contributed by atoms with Crippen LogP contribution in [0.25, 0.3) is 10.9 Å². The Balaban J connectivity index is 1.53. The van der Waals surface area contributed by atoms with Crippen molar-refractivity contribution in [3.63, 3.8) is 0 Å². The van der Waals surface area contributed by atoms with Crippen LogP contribution in [0, 0.1) is 6.92 Å². The maximum absolute atomic E-state index is 12.9. The van der Waals surface area contributed by atoms with E-state index in [4.69, 9.17) is 4.74 Å². The standard InChI is InChI=1S/C23H22N2O3S/c1-15-13-18(17-7-3-4-8-19(17)24-15)23(27)28-14-22(26)25-12-11-16(2)29-21-10-6-5-9-20(21)25/h3-10,13,16H,11-12,14H2,1-2H3. The van der Waals surface area contributed by atoms with Crippen LogP contribution in [0.3, 0.4) is 0 Å². The molecule has 0 saturated heterocycles. The van der Waals surface area contributed by atoms with Gasteiger partial charge in [0.2, 0.25) is 0 Å². The molecular weight excluding hydrogens is 384 g/mol. The van der Waals surface area contributed by atoms with Crippen LogP contribution in [0.4, 0.5) is 5.69 Å². The van der Waals surface area contributed by atoms with E-state index in [1.807, 2.05) is 55.5 Å². The van der Waals surface area contributed by atoms with Gasteiger partial charge in [0, 0.05) is 27.8 Å². The lowest BCUT2D eigenvalue weighted by Crippen LogP contribution is -2.35. The average molecular weight is 407 g/mol. The van der Waals surface area contributed by atoms with Crippen LogP contribution < -0.4 is 4.90 Å². The number of thioether (sulfide) groups is 1. The highest BCUT2D eigenvalue weighted by Gasteiger charge is 2.25. The molecule has 0 fully saturated rings. The Morgan fingerprint density at radius 3 is 2.79 bits per heavy atom. The van der Waals surface area contributed by atoms with Crippen molar-refractivity contribution in [2.75, 3.05) is 18.1 Å². The fourth-order valence-electron chi connectivity index (χ4n) is 3.51. The second kappa shape index (κ2) is 8.25. The molecule has 5 nitrogen and oxygen atoms in total. The van der Waals surface area contributed by atoms with Gasteiger partial charge in [-0.2, -0.15) is 0 Å². The van der Waals surface area contributed by atoms with Crippen molar-refractivity contribution in [1.82, 2.24) is 4.98 Å². The number of para-hydroxylation sites is 2. The Bertz CT molecular complexity index is 1080. The van der Waals surface area contributed by atoms with Crippen molar-refractivity contribution in [2.24, 2.45) is 0 Å². The predicted octanol–water partition coefficient (Wildman–Crippen LogP) is 4.62. The fourth-order valence-corrected chi connectivity index (χ4v) is 4.62. The van der Waals surface area contributed by atoms with Crippen molar-refractivity contribution < 1.29 is 14.3 Å². The van der Waals surface area contributed by atoms with Gasteiger partial charge < -0.3 is 9.64 Å². The maximum Gasteiger partial charge on any atom is 0.339 e. The summed E-state index contributed by atoms with van der Waals surface area (Å²) in [6.07, 6.45) is 0.882. The first-order chi connectivity index (χ1) is 14.0. The molecule has 29 heavy (non-hydrogen) atoms. The van der Waals surface area contributed by atoms with Gasteiger partial charge in [0.1, 0.15) is 0 Å². The number of pyridine rings is 1. The maximum atomic E-state index is 12.9. The van der Waals surface area contributed by atoms with Gasteiger partial charge in [-0.1, -0.05) is 37.3 Å². The molecule has 6 heteroatoms. The minimum absolute atomic E-state index is 0.212. The van der Waals surface area contributed by atoms with Crippen LogP contribution >= 0.6 is 11.8 Å². The van der Waals surface area contributed by atoms with Crippen molar-refractivity contribution in [2.45, 2.75) is 30.4 Å². The van der Waals surface area contributed by atoms with E-state index >= 15 is 0 Å². The third-order valence-electron chi connectivity index (χ3n) is 4.94. The Hall–Kier alpha value is -2.86. The van der Waals surface area contributed by atoms with Gasteiger partial charge in [0.15, 0.2) is 6.61 Å². The third-order valence-corrected chi connectivity index (χ3v) is 6.17. The highest BCUT2D eigenvalue weighted by molar-refractivity contribution is 8.00. The van der Waals surface area contributed by atoms with Gasteiger partial charge in [0.05, 0.1) is 16.8 Å². The van der Waals surface area contributed by atoms with Gasteiger partial charge in [-0.25, -0.2) is 4.79 Å². The Kier molecular flexibility index (Phi) is 5.53. The number of hydrogen-bond donors (Lipinski definition) is 0. The molecule has 148 valence electrons. The molecular formula is C23H22N2O3S. The summed E-state index contributed by atoms with van der Waals surface area (Å²) in [5.74, 6) is -0.721. The molecule has 2 aromatic carbocycles. The van der Waals surface area contributed by atoms with E-state index in [1.165, 1.54) is 0 Å². The van der Waals surface area contributed by atoms with E-state index in [9.17, 15) is 9.59 Å². The van der Waals surface area contributed by atoms with Crippen molar-refractivity contribution in [3.8, 4) is 0 Å². The first kappa shape index (κ1) is 19.5. The quantitative estimate of drug-likeness (QED) is 0.594. The van der Waals surface area contributed by atoms with Crippen LogP contribution in [-0.2, 0) is 9.53 Å². The average Bonchev–Trinajstić information content (AvgIpc) is 2.89. The number of carbonyl (C=O) groups excluding carboxylic acids is 2. The number of amides is 1. The summed E-state index contributed by atoms with van der Waals surface area (Å²) in [7, 11) is 0. The number of anilines is 1. The molecule has 1 amide bonds. The first-order valence-electron chi connectivity index (χ1n) is 9.62. The number of benzene rings is 2. The zero-order valence-electron chi connectivity index (χ0n) is 16.4. The number of hydrogen-bond acceptors (Lipinski definition) is 5. The van der Waals surface area contributed by atoms with Crippen molar-refractivity contribution in [1.29, 1.82) is 0 Å². The normalized spacial score (nSPS) is 16.2. The summed E-state index contributed by atoms with van der Waals surface area (Å²) in [5, 5.41) is 1.14. The van der Waals surface area contributed by atoms with E-state index < -0.39 is 5.97 Å². The molecule has 4 rings (SSSR count). The lowest BCUT2D eigenvalue weighted by molar-refractivity contribution is -0.121. The van der Waals surface area contributed by atoms with Gasteiger partial charge in [-0.05, 0) is 37.6 Å². The van der Waals surface area contributed by atoms with Gasteiger partial charge >= 0.3 is 5.97 Å². The highest BCUT2D eigenvalue weighted by atomic mass is 32.2. The topological polar surface area (TPSA) is 59.5 Å². The molecule has 3 aromatic rings. The summed E-state index contributed by atoms with van der Waals surface area (Å²) in [5.41, 5.74) is 2.78. The van der Waals surface area contributed by atoms with Crippen LogP contribution in [-0.4, -0.2) is 35.3 Å². The Morgan fingerprint density at radius 2 is 1.93 bits per heavy atom. The third kappa shape index (κ3) is 4.12. The summed E-state index contributed by atoms with van der Waals surface area (Å²) in [4.78, 5) is 32.9. The summed E-state index contributed by atoms with van der Waals surface area (Å²) >= 11 is 1.77. The number of ether oxygens (including phenoxy) is 1. The van der Waals surface area contributed by atoms with E-state index in [2.05, 4.69) is 11.9 Å². The van der Waals surface area contributed by atoms with E-state index in [0.717, 1.165) is 33.6 Å². The molecule has 1 unspecified atom stereocenters. The molecule has 1 aromatic heterocycles. The number of fused-ring (bicyclic) bond motifs is 2. The summed E-state index contributed by atoms with van der Waals surface area (Å²) in [6.45, 7) is 4.31. The molecule has 0 aliphatic carbocycles. The van der Waals surface area contributed by atoms with Crippen molar-refractivity contribution in [3.05, 3.63) is 65.9 Å². The number of aryl methyl sites for hydroxylation is 1. The molecule has 0 N–H and O–H groups in total. The monoisotopic (exact) mass is 406 g/mol. The molecule has 0 bridgehead atoms. The molecule has 1 aliphatic heterocycles. The zero-order valence-corrected chi connectivity index (χ0v) is 17.2. The van der Waals surface area contributed by atoms with Crippen LogP contribution in [0.1, 0.15) is 29.4 Å².